The number of nitrogens with zero attached hydrogens (tertiary/aromatic N) is 5. The van der Waals surface area contributed by atoms with Gasteiger partial charge in [0.1, 0.15) is 17.4 Å². The molecule has 0 bridgehead atoms. The normalized spacial score (nSPS) is 17.6. The second-order valence-electron chi connectivity index (χ2n) is 6.70. The Hall–Kier alpha value is -3.13. The maximum Gasteiger partial charge on any atom is 0.165 e. The van der Waals surface area contributed by atoms with E-state index in [1.807, 2.05) is 10.6 Å². The van der Waals surface area contributed by atoms with Crippen molar-refractivity contribution in [3.05, 3.63) is 42.7 Å². The van der Waals surface area contributed by atoms with Gasteiger partial charge in [-0.1, -0.05) is 0 Å². The molecule has 1 unspecified atom stereocenters. The number of fused-ring (bicyclic) bond motifs is 2. The average Bonchev–Trinajstić information content (AvgIpc) is 3.35. The van der Waals surface area contributed by atoms with Gasteiger partial charge in [0.15, 0.2) is 11.5 Å². The number of anilines is 2. The van der Waals surface area contributed by atoms with E-state index < -0.39 is 0 Å². The summed E-state index contributed by atoms with van der Waals surface area (Å²) < 4.78 is 7.79. The third kappa shape index (κ3) is 2.30. The molecule has 1 aliphatic heterocycles. The largest absolute Gasteiger partial charge is 0.464 e. The molecule has 0 saturated carbocycles. The van der Waals surface area contributed by atoms with Crippen LogP contribution in [-0.4, -0.2) is 38.7 Å². The van der Waals surface area contributed by atoms with Crippen LogP contribution in [0.1, 0.15) is 12.0 Å². The molecule has 26 heavy (non-hydrogen) atoms. The summed E-state index contributed by atoms with van der Waals surface area (Å²) in [5.41, 5.74) is 16.5. The predicted octanol–water partition coefficient (Wildman–Crippen LogP) is 1.74. The SMILES string of the molecule is Nc1ncnc2c1ncn2Cc1c(N2CCC(N)C2)ccc2ccoc12. The van der Waals surface area contributed by atoms with Crippen molar-refractivity contribution >= 4 is 33.6 Å². The Morgan fingerprint density at radius 3 is 2.96 bits per heavy atom. The maximum atomic E-state index is 6.12. The quantitative estimate of drug-likeness (QED) is 0.579. The smallest absolute Gasteiger partial charge is 0.165 e. The number of imidazole rings is 1. The zero-order valence-electron chi connectivity index (χ0n) is 14.2. The number of nitrogen functional groups attached to an aromatic ring is 1. The van der Waals surface area contributed by atoms with E-state index in [-0.39, 0.29) is 6.04 Å². The van der Waals surface area contributed by atoms with E-state index >= 15 is 0 Å². The third-order valence-electron chi connectivity index (χ3n) is 5.02. The predicted molar refractivity (Wildman–Crippen MR) is 99.9 cm³/mol. The van der Waals surface area contributed by atoms with Crippen molar-refractivity contribution in [2.75, 3.05) is 23.7 Å². The number of hydrogen-bond acceptors (Lipinski definition) is 7. The molecular weight excluding hydrogens is 330 g/mol. The number of nitrogens with two attached hydrogens (primary N) is 2. The first-order valence-electron chi connectivity index (χ1n) is 8.61. The maximum absolute atomic E-state index is 6.12. The highest BCUT2D eigenvalue weighted by molar-refractivity contribution is 5.87. The minimum absolute atomic E-state index is 0.205. The van der Waals surface area contributed by atoms with E-state index in [9.17, 15) is 0 Å². The van der Waals surface area contributed by atoms with Crippen molar-refractivity contribution in [2.24, 2.45) is 5.73 Å². The lowest BCUT2D eigenvalue weighted by Crippen LogP contribution is -2.27. The summed E-state index contributed by atoms with van der Waals surface area (Å²) in [6, 6.07) is 6.42. The van der Waals surface area contributed by atoms with Gasteiger partial charge >= 0.3 is 0 Å². The van der Waals surface area contributed by atoms with Crippen LogP contribution in [0.25, 0.3) is 22.1 Å². The average molecular weight is 349 g/mol. The van der Waals surface area contributed by atoms with Crippen LogP contribution < -0.4 is 16.4 Å². The zero-order valence-corrected chi connectivity index (χ0v) is 14.2. The summed E-state index contributed by atoms with van der Waals surface area (Å²) in [7, 11) is 0. The molecule has 1 aromatic carbocycles. The molecule has 0 radical (unpaired) electrons. The van der Waals surface area contributed by atoms with Crippen LogP contribution in [-0.2, 0) is 6.54 Å². The Labute approximate surface area is 149 Å². The fourth-order valence-electron chi connectivity index (χ4n) is 3.72. The summed E-state index contributed by atoms with van der Waals surface area (Å²) >= 11 is 0. The highest BCUT2D eigenvalue weighted by Crippen LogP contribution is 2.33. The van der Waals surface area contributed by atoms with Crippen LogP contribution in [0.15, 0.2) is 41.5 Å². The van der Waals surface area contributed by atoms with Crippen LogP contribution in [0.5, 0.6) is 0 Å². The van der Waals surface area contributed by atoms with Crippen molar-refractivity contribution < 1.29 is 4.42 Å². The van der Waals surface area contributed by atoms with Gasteiger partial charge in [-0.25, -0.2) is 15.0 Å². The Morgan fingerprint density at radius 2 is 2.12 bits per heavy atom. The molecule has 4 aromatic rings. The van der Waals surface area contributed by atoms with Gasteiger partial charge in [0.25, 0.3) is 0 Å². The monoisotopic (exact) mass is 349 g/mol. The standard InChI is InChI=1S/C18H19N7O/c19-12-3-5-24(7-12)14-2-1-11-4-6-26-16(11)13(14)8-25-10-23-15-17(20)21-9-22-18(15)25/h1-2,4,6,9-10,12H,3,5,7-8,19H2,(H2,20,21,22). The van der Waals surface area contributed by atoms with Gasteiger partial charge in [-0.05, 0) is 24.6 Å². The van der Waals surface area contributed by atoms with Crippen LogP contribution in [0.3, 0.4) is 0 Å². The Kier molecular flexibility index (Phi) is 3.32. The first-order chi connectivity index (χ1) is 12.7. The van der Waals surface area contributed by atoms with Crippen molar-refractivity contribution in [1.82, 2.24) is 19.5 Å². The first kappa shape index (κ1) is 15.2. The summed E-state index contributed by atoms with van der Waals surface area (Å²) in [5, 5.41) is 1.07. The summed E-state index contributed by atoms with van der Waals surface area (Å²) in [6.07, 6.45) is 5.92. The second kappa shape index (κ2) is 5.70. The minimum Gasteiger partial charge on any atom is -0.464 e. The molecule has 8 heteroatoms. The highest BCUT2D eigenvalue weighted by atomic mass is 16.3. The second-order valence-corrected chi connectivity index (χ2v) is 6.70. The lowest BCUT2D eigenvalue weighted by atomic mass is 10.1. The van der Waals surface area contributed by atoms with Crippen molar-refractivity contribution in [3.8, 4) is 0 Å². The van der Waals surface area contributed by atoms with Gasteiger partial charge in [-0.2, -0.15) is 0 Å². The molecule has 8 nitrogen and oxygen atoms in total. The first-order valence-corrected chi connectivity index (χ1v) is 8.61. The van der Waals surface area contributed by atoms with E-state index in [0.717, 1.165) is 41.7 Å². The molecule has 0 amide bonds. The molecule has 1 aliphatic rings. The fourth-order valence-corrected chi connectivity index (χ4v) is 3.72. The van der Waals surface area contributed by atoms with Gasteiger partial charge in [0.05, 0.1) is 19.1 Å². The van der Waals surface area contributed by atoms with Crippen LogP contribution in [0.2, 0.25) is 0 Å². The molecular formula is C18H19N7O. The number of hydrogen-bond donors (Lipinski definition) is 2. The molecule has 3 aromatic heterocycles. The molecule has 4 N–H and O–H groups in total. The van der Waals surface area contributed by atoms with Gasteiger partial charge in [0, 0.05) is 35.8 Å². The molecule has 0 spiro atoms. The number of aromatic nitrogens is 4. The van der Waals surface area contributed by atoms with Gasteiger partial charge < -0.3 is 25.4 Å². The van der Waals surface area contributed by atoms with E-state index in [1.54, 1.807) is 12.6 Å². The van der Waals surface area contributed by atoms with Crippen molar-refractivity contribution in [1.29, 1.82) is 0 Å². The Bertz CT molecular complexity index is 1100. The van der Waals surface area contributed by atoms with E-state index in [4.69, 9.17) is 15.9 Å². The van der Waals surface area contributed by atoms with E-state index in [0.29, 0.717) is 23.5 Å². The molecule has 132 valence electrons. The summed E-state index contributed by atoms with van der Waals surface area (Å²) in [4.78, 5) is 15.1. The lowest BCUT2D eigenvalue weighted by molar-refractivity contribution is 0.607. The molecule has 1 fully saturated rings. The molecule has 1 atom stereocenters. The molecule has 1 saturated heterocycles. The topological polar surface area (TPSA) is 112 Å². The third-order valence-corrected chi connectivity index (χ3v) is 5.02. The summed E-state index contributed by atoms with van der Waals surface area (Å²) in [6.45, 7) is 2.37. The summed E-state index contributed by atoms with van der Waals surface area (Å²) in [5.74, 6) is 0.385. The van der Waals surface area contributed by atoms with E-state index in [2.05, 4.69) is 32.0 Å². The fraction of sp³-hybridized carbons (Fsp3) is 0.278. The zero-order chi connectivity index (χ0) is 17.7. The number of furan rings is 1. The lowest BCUT2D eigenvalue weighted by Gasteiger charge is -2.22. The van der Waals surface area contributed by atoms with Crippen molar-refractivity contribution in [2.45, 2.75) is 19.0 Å². The molecule has 0 aliphatic carbocycles. The number of benzene rings is 1. The highest BCUT2D eigenvalue weighted by Gasteiger charge is 2.24. The minimum atomic E-state index is 0.205. The Balaban J connectivity index is 1.65. The van der Waals surface area contributed by atoms with Gasteiger partial charge in [0.2, 0.25) is 0 Å². The van der Waals surface area contributed by atoms with Crippen LogP contribution in [0.4, 0.5) is 11.5 Å². The van der Waals surface area contributed by atoms with E-state index in [1.165, 1.54) is 6.33 Å². The van der Waals surface area contributed by atoms with Crippen molar-refractivity contribution in [3.63, 3.8) is 0 Å². The van der Waals surface area contributed by atoms with Crippen LogP contribution in [0, 0.1) is 0 Å². The Morgan fingerprint density at radius 1 is 1.19 bits per heavy atom. The molecule has 4 heterocycles. The van der Waals surface area contributed by atoms with Gasteiger partial charge in [-0.3, -0.25) is 0 Å². The molecule has 5 rings (SSSR count). The number of rotatable bonds is 3. The van der Waals surface area contributed by atoms with Crippen LogP contribution >= 0.6 is 0 Å². The van der Waals surface area contributed by atoms with Gasteiger partial charge in [-0.15, -0.1) is 0 Å².